The van der Waals surface area contributed by atoms with Crippen molar-refractivity contribution in [3.05, 3.63) is 65.1 Å². The molecule has 41 heavy (non-hydrogen) atoms. The van der Waals surface area contributed by atoms with Crippen molar-refractivity contribution in [2.75, 3.05) is 50.7 Å². The Bertz CT molecular complexity index is 1490. The highest BCUT2D eigenvalue weighted by molar-refractivity contribution is 5.98. The van der Waals surface area contributed by atoms with Crippen molar-refractivity contribution in [1.29, 1.82) is 0 Å². The van der Waals surface area contributed by atoms with Gasteiger partial charge in [-0.2, -0.15) is 17.6 Å². The van der Waals surface area contributed by atoms with Crippen molar-refractivity contribution in [3.63, 3.8) is 0 Å². The molecule has 6 rings (SSSR count). The third kappa shape index (κ3) is 5.70. The zero-order valence-corrected chi connectivity index (χ0v) is 22.7. The van der Waals surface area contributed by atoms with Crippen LogP contribution in [0.5, 0.6) is 0 Å². The number of nitrogens with zero attached hydrogens (tertiary/aromatic N) is 4. The SMILES string of the molecule is C=[N+]1CCCc2cc3c(cc2-c2cc(-c4ccc(N5CCN(CCC(F)(F)F)CC5)cc4)c(F)nc21)CCNC3=O. The fourth-order valence-electron chi connectivity index (χ4n) is 6.03. The molecule has 10 heteroatoms. The van der Waals surface area contributed by atoms with E-state index in [2.05, 4.69) is 28.0 Å². The first-order chi connectivity index (χ1) is 19.7. The van der Waals surface area contributed by atoms with Gasteiger partial charge in [0.15, 0.2) is 0 Å². The molecule has 0 spiro atoms. The number of hydrogen-bond acceptors (Lipinski definition) is 4. The van der Waals surface area contributed by atoms with Crippen molar-refractivity contribution in [2.24, 2.45) is 0 Å². The fraction of sp³-hybridized carbons (Fsp3) is 0.387. The predicted molar refractivity (Wildman–Crippen MR) is 151 cm³/mol. The number of carbonyl (C=O) groups excluding carboxylic acids is 1. The minimum Gasteiger partial charge on any atom is -0.369 e. The monoisotopic (exact) mass is 566 g/mol. The van der Waals surface area contributed by atoms with Gasteiger partial charge in [-0.3, -0.25) is 9.69 Å². The van der Waals surface area contributed by atoms with Gasteiger partial charge >= 0.3 is 17.9 Å². The molecule has 0 aliphatic carbocycles. The van der Waals surface area contributed by atoms with Crippen LogP contribution >= 0.6 is 0 Å². The number of amides is 1. The molecule has 3 aromatic rings. The van der Waals surface area contributed by atoms with Gasteiger partial charge in [0.25, 0.3) is 5.91 Å². The van der Waals surface area contributed by atoms with E-state index in [1.54, 1.807) is 4.58 Å². The molecule has 214 valence electrons. The minimum atomic E-state index is -4.14. The largest absolute Gasteiger partial charge is 0.390 e. The number of rotatable bonds is 4. The van der Waals surface area contributed by atoms with Crippen LogP contribution in [0, 0.1) is 5.95 Å². The molecule has 0 unspecified atom stereocenters. The second-order valence-electron chi connectivity index (χ2n) is 11.0. The number of nitrogens with one attached hydrogen (secondary N) is 1. The topological polar surface area (TPSA) is 51.5 Å². The Kier molecular flexibility index (Phi) is 7.27. The van der Waals surface area contributed by atoms with Crippen LogP contribution in [0.25, 0.3) is 22.3 Å². The molecule has 2 aromatic carbocycles. The molecule has 1 saturated heterocycles. The van der Waals surface area contributed by atoms with Gasteiger partial charge < -0.3 is 10.2 Å². The van der Waals surface area contributed by atoms with E-state index in [9.17, 15) is 18.0 Å². The molecule has 1 fully saturated rings. The maximum absolute atomic E-state index is 15.5. The van der Waals surface area contributed by atoms with Crippen LogP contribution in [0.3, 0.4) is 0 Å². The number of carbonyl (C=O) groups is 1. The lowest BCUT2D eigenvalue weighted by molar-refractivity contribution is -0.435. The first-order valence-corrected chi connectivity index (χ1v) is 14.0. The number of aryl methyl sites for hydroxylation is 1. The third-order valence-electron chi connectivity index (χ3n) is 8.30. The maximum Gasteiger partial charge on any atom is 0.390 e. The molecular weight excluding hydrogens is 534 g/mol. The highest BCUT2D eigenvalue weighted by Gasteiger charge is 2.30. The summed E-state index contributed by atoms with van der Waals surface area (Å²) in [5.41, 5.74) is 6.47. The summed E-state index contributed by atoms with van der Waals surface area (Å²) in [6.45, 7) is 7.72. The molecule has 1 aromatic heterocycles. The van der Waals surface area contributed by atoms with Crippen molar-refractivity contribution < 1.29 is 26.9 Å². The summed E-state index contributed by atoms with van der Waals surface area (Å²) in [5.74, 6) is -0.161. The summed E-state index contributed by atoms with van der Waals surface area (Å²) in [6, 6.07) is 13.4. The first-order valence-electron chi connectivity index (χ1n) is 14.0. The Morgan fingerprint density at radius 2 is 1.63 bits per heavy atom. The first kappa shape index (κ1) is 27.4. The second-order valence-corrected chi connectivity index (χ2v) is 11.0. The lowest BCUT2D eigenvalue weighted by Crippen LogP contribution is -2.47. The molecule has 4 heterocycles. The van der Waals surface area contributed by atoms with Gasteiger partial charge in [-0.05, 0) is 76.8 Å². The molecule has 0 atom stereocenters. The van der Waals surface area contributed by atoms with Crippen LogP contribution in [-0.4, -0.2) is 79.1 Å². The number of benzene rings is 2. The van der Waals surface area contributed by atoms with E-state index in [1.165, 1.54) is 0 Å². The van der Waals surface area contributed by atoms with Crippen molar-refractivity contribution in [1.82, 2.24) is 15.2 Å². The summed E-state index contributed by atoms with van der Waals surface area (Å²) in [7, 11) is 0. The second kappa shape index (κ2) is 10.9. The summed E-state index contributed by atoms with van der Waals surface area (Å²) in [6.07, 6.45) is -2.63. The van der Waals surface area contributed by atoms with Gasteiger partial charge in [-0.1, -0.05) is 12.1 Å². The van der Waals surface area contributed by atoms with Crippen LogP contribution in [0.2, 0.25) is 0 Å². The average molecular weight is 567 g/mol. The third-order valence-corrected chi connectivity index (χ3v) is 8.30. The van der Waals surface area contributed by atoms with Gasteiger partial charge in [-0.25, -0.2) is 4.58 Å². The molecule has 0 radical (unpaired) electrons. The van der Waals surface area contributed by atoms with Gasteiger partial charge in [0.2, 0.25) is 0 Å². The normalized spacial score (nSPS) is 17.7. The van der Waals surface area contributed by atoms with Gasteiger partial charge in [0.1, 0.15) is 0 Å². The lowest BCUT2D eigenvalue weighted by Gasteiger charge is -2.36. The van der Waals surface area contributed by atoms with Crippen LogP contribution < -0.4 is 10.2 Å². The van der Waals surface area contributed by atoms with Crippen molar-refractivity contribution in [3.8, 4) is 22.3 Å². The molecule has 3 aliphatic heterocycles. The number of alkyl halides is 3. The van der Waals surface area contributed by atoms with Crippen molar-refractivity contribution >= 4 is 24.1 Å². The van der Waals surface area contributed by atoms with E-state index in [1.807, 2.05) is 41.3 Å². The highest BCUT2D eigenvalue weighted by atomic mass is 19.4. The molecule has 1 N–H and O–H groups in total. The maximum atomic E-state index is 15.5. The number of halogens is 4. The minimum absolute atomic E-state index is 0.0186. The molecule has 3 aliphatic rings. The van der Waals surface area contributed by atoms with Crippen LogP contribution in [-0.2, 0) is 12.8 Å². The van der Waals surface area contributed by atoms with Crippen LogP contribution in [0.4, 0.5) is 29.1 Å². The standard InChI is InChI=1S/C31H31F4N5O/c1-38-11-2-3-21-18-26-22(8-10-36-30(26)41)17-24(21)27-19-25(28(32)37-29(27)38)20-4-6-23(7-5-20)40-15-13-39(14-16-40)12-9-31(33,34)35/h4-7,17-19H,1-3,8-16H2/p+1. The fourth-order valence-corrected chi connectivity index (χ4v) is 6.03. The number of pyridine rings is 1. The number of fused-ring (bicyclic) bond motifs is 4. The van der Waals surface area contributed by atoms with Gasteiger partial charge in [0, 0.05) is 50.5 Å². The van der Waals surface area contributed by atoms with E-state index in [4.69, 9.17) is 0 Å². The Morgan fingerprint density at radius 3 is 2.37 bits per heavy atom. The lowest BCUT2D eigenvalue weighted by atomic mass is 9.87. The number of hydrogen-bond donors (Lipinski definition) is 1. The van der Waals surface area contributed by atoms with E-state index < -0.39 is 18.5 Å². The Balaban J connectivity index is 1.28. The van der Waals surface area contributed by atoms with Crippen LogP contribution in [0.1, 0.15) is 34.3 Å². The zero-order chi connectivity index (χ0) is 28.7. The predicted octanol–water partition coefficient (Wildman–Crippen LogP) is 5.21. The van der Waals surface area contributed by atoms with E-state index in [0.717, 1.165) is 47.2 Å². The summed E-state index contributed by atoms with van der Waals surface area (Å²) < 4.78 is 55.0. The van der Waals surface area contributed by atoms with Crippen LogP contribution in [0.15, 0.2) is 42.5 Å². The number of piperazine rings is 1. The quantitative estimate of drug-likeness (QED) is 0.268. The summed E-state index contributed by atoms with van der Waals surface area (Å²) in [5, 5.41) is 2.91. The molecule has 0 saturated carbocycles. The summed E-state index contributed by atoms with van der Waals surface area (Å²) >= 11 is 0. The molecule has 0 bridgehead atoms. The highest BCUT2D eigenvalue weighted by Crippen LogP contribution is 2.39. The number of aromatic nitrogens is 1. The molecular formula is C31H32F4N5O+. The zero-order valence-electron chi connectivity index (χ0n) is 22.7. The molecule has 1 amide bonds. The van der Waals surface area contributed by atoms with Crippen molar-refractivity contribution in [2.45, 2.75) is 31.9 Å². The molecule has 6 nitrogen and oxygen atoms in total. The average Bonchev–Trinajstić information content (AvgIpc) is 2.95. The number of anilines is 1. The van der Waals surface area contributed by atoms with E-state index in [0.29, 0.717) is 61.8 Å². The van der Waals surface area contributed by atoms with E-state index in [-0.39, 0.29) is 12.5 Å². The summed E-state index contributed by atoms with van der Waals surface area (Å²) in [4.78, 5) is 20.8. The van der Waals surface area contributed by atoms with Gasteiger partial charge in [0.05, 0.1) is 30.8 Å². The van der Waals surface area contributed by atoms with Gasteiger partial charge in [-0.15, -0.1) is 0 Å². The Hall–Kier alpha value is -3.79. The van der Waals surface area contributed by atoms with E-state index >= 15 is 4.39 Å². The Morgan fingerprint density at radius 1 is 0.927 bits per heavy atom. The smallest absolute Gasteiger partial charge is 0.369 e. The Labute approximate surface area is 236 Å².